The molecule has 1 aromatic heterocycles. The van der Waals surface area contributed by atoms with Crippen LogP contribution in [0.3, 0.4) is 0 Å². The molecular formula is C20H19ClFN3O2S. The predicted octanol–water partition coefficient (Wildman–Crippen LogP) is 5.16. The number of ether oxygens (including phenoxy) is 2. The second-order valence-electron chi connectivity index (χ2n) is 6.35. The number of nitrogens with zero attached hydrogens (tertiary/aromatic N) is 3. The Morgan fingerprint density at radius 2 is 1.79 bits per heavy atom. The Morgan fingerprint density at radius 3 is 2.54 bits per heavy atom. The zero-order valence-corrected chi connectivity index (χ0v) is 16.6. The van der Waals surface area contributed by atoms with Gasteiger partial charge in [0.05, 0.1) is 11.6 Å². The number of benzene rings is 2. The van der Waals surface area contributed by atoms with Crippen molar-refractivity contribution in [1.29, 1.82) is 0 Å². The summed E-state index contributed by atoms with van der Waals surface area (Å²) < 4.78 is 27.1. The van der Waals surface area contributed by atoms with Gasteiger partial charge in [-0.2, -0.15) is 0 Å². The maximum absolute atomic E-state index is 13.6. The van der Waals surface area contributed by atoms with E-state index in [1.807, 2.05) is 18.2 Å². The highest BCUT2D eigenvalue weighted by atomic mass is 35.5. The Balaban J connectivity index is 1.35. The molecule has 8 heteroatoms. The average molecular weight is 420 g/mol. The molecule has 28 heavy (non-hydrogen) atoms. The van der Waals surface area contributed by atoms with Crippen molar-refractivity contribution in [3.8, 4) is 11.5 Å². The van der Waals surface area contributed by atoms with Crippen LogP contribution >= 0.6 is 23.4 Å². The standard InChI is InChI=1S/C20H19ClFN3O2S/c21-15-5-1-3-7-17(15)27-13-19-23-24-20(25(19)14-9-10-14)28-12-11-26-18-8-4-2-6-16(18)22/h1-8,14H,9-13H2. The van der Waals surface area contributed by atoms with E-state index >= 15 is 0 Å². The SMILES string of the molecule is Fc1ccccc1OCCSc1nnc(COc2ccccc2Cl)n1C1CC1. The van der Waals surface area contributed by atoms with Crippen molar-refractivity contribution >= 4 is 23.4 Å². The minimum Gasteiger partial charge on any atom is -0.490 e. The van der Waals surface area contributed by atoms with E-state index in [-0.39, 0.29) is 11.6 Å². The van der Waals surface area contributed by atoms with Crippen molar-refractivity contribution in [3.63, 3.8) is 0 Å². The first-order valence-corrected chi connectivity index (χ1v) is 10.4. The molecule has 3 aromatic rings. The number of hydrogen-bond donors (Lipinski definition) is 0. The first-order valence-electron chi connectivity index (χ1n) is 9.03. The highest BCUT2D eigenvalue weighted by Crippen LogP contribution is 2.39. The molecule has 0 bridgehead atoms. The third kappa shape index (κ3) is 4.59. The van der Waals surface area contributed by atoms with Gasteiger partial charge in [0.1, 0.15) is 12.4 Å². The molecule has 0 amide bonds. The lowest BCUT2D eigenvalue weighted by molar-refractivity contribution is 0.288. The molecule has 146 valence electrons. The van der Waals surface area contributed by atoms with Gasteiger partial charge in [-0.1, -0.05) is 47.6 Å². The van der Waals surface area contributed by atoms with Crippen LogP contribution in [0.1, 0.15) is 24.7 Å². The van der Waals surface area contributed by atoms with Gasteiger partial charge in [-0.05, 0) is 37.1 Å². The first kappa shape index (κ1) is 19.1. The molecule has 0 aliphatic heterocycles. The summed E-state index contributed by atoms with van der Waals surface area (Å²) in [6, 6.07) is 14.2. The van der Waals surface area contributed by atoms with Crippen LogP contribution < -0.4 is 9.47 Å². The summed E-state index contributed by atoms with van der Waals surface area (Å²) >= 11 is 7.69. The van der Waals surface area contributed by atoms with Crippen molar-refractivity contribution in [2.75, 3.05) is 12.4 Å². The molecule has 1 aliphatic carbocycles. The van der Waals surface area contributed by atoms with Gasteiger partial charge in [0.25, 0.3) is 0 Å². The molecule has 1 fully saturated rings. The maximum atomic E-state index is 13.6. The number of hydrogen-bond acceptors (Lipinski definition) is 5. The third-order valence-electron chi connectivity index (χ3n) is 4.25. The second kappa shape index (κ2) is 8.84. The lowest BCUT2D eigenvalue weighted by Gasteiger charge is -2.11. The second-order valence-corrected chi connectivity index (χ2v) is 7.82. The summed E-state index contributed by atoms with van der Waals surface area (Å²) in [5, 5.41) is 10.0. The molecule has 4 rings (SSSR count). The zero-order valence-electron chi connectivity index (χ0n) is 15.1. The summed E-state index contributed by atoms with van der Waals surface area (Å²) in [5.74, 6) is 1.96. The molecule has 0 saturated heterocycles. The van der Waals surface area contributed by atoms with E-state index in [0.29, 0.717) is 35.8 Å². The zero-order chi connectivity index (χ0) is 19.3. The molecule has 0 radical (unpaired) electrons. The summed E-state index contributed by atoms with van der Waals surface area (Å²) in [7, 11) is 0. The van der Waals surface area contributed by atoms with E-state index in [0.717, 1.165) is 23.8 Å². The molecule has 0 atom stereocenters. The van der Waals surface area contributed by atoms with E-state index in [1.54, 1.807) is 36.0 Å². The van der Waals surface area contributed by atoms with Crippen molar-refractivity contribution in [2.45, 2.75) is 30.6 Å². The fraction of sp³-hybridized carbons (Fsp3) is 0.300. The Labute approximate surface area is 171 Å². The number of aromatic nitrogens is 3. The molecule has 0 N–H and O–H groups in total. The van der Waals surface area contributed by atoms with Gasteiger partial charge in [-0.15, -0.1) is 10.2 Å². The number of thioether (sulfide) groups is 1. The molecule has 1 heterocycles. The molecule has 1 saturated carbocycles. The van der Waals surface area contributed by atoms with Crippen LogP contribution in [0.25, 0.3) is 0 Å². The summed E-state index contributed by atoms with van der Waals surface area (Å²) in [6.45, 7) is 0.689. The molecule has 0 spiro atoms. The van der Waals surface area contributed by atoms with Crippen LogP contribution in [0.15, 0.2) is 53.7 Å². The topological polar surface area (TPSA) is 49.2 Å². The molecule has 1 aliphatic rings. The molecule has 2 aromatic carbocycles. The van der Waals surface area contributed by atoms with Gasteiger partial charge >= 0.3 is 0 Å². The third-order valence-corrected chi connectivity index (χ3v) is 5.47. The Kier molecular flexibility index (Phi) is 6.02. The number of halogens is 2. The highest BCUT2D eigenvalue weighted by molar-refractivity contribution is 7.99. The van der Waals surface area contributed by atoms with Crippen LogP contribution in [0.2, 0.25) is 5.02 Å². The average Bonchev–Trinajstić information content (AvgIpc) is 3.46. The van der Waals surface area contributed by atoms with E-state index in [4.69, 9.17) is 21.1 Å². The maximum Gasteiger partial charge on any atom is 0.191 e. The van der Waals surface area contributed by atoms with Crippen molar-refractivity contribution in [3.05, 3.63) is 65.2 Å². The molecule has 5 nitrogen and oxygen atoms in total. The minimum atomic E-state index is -0.354. The lowest BCUT2D eigenvalue weighted by atomic mass is 10.3. The smallest absolute Gasteiger partial charge is 0.191 e. The highest BCUT2D eigenvalue weighted by Gasteiger charge is 2.29. The van der Waals surface area contributed by atoms with E-state index in [9.17, 15) is 4.39 Å². The van der Waals surface area contributed by atoms with Gasteiger partial charge in [0.2, 0.25) is 0 Å². The Morgan fingerprint density at radius 1 is 1.04 bits per heavy atom. The van der Waals surface area contributed by atoms with Crippen molar-refractivity contribution in [2.24, 2.45) is 0 Å². The summed E-state index contributed by atoms with van der Waals surface area (Å²) in [6.07, 6.45) is 2.22. The quantitative estimate of drug-likeness (QED) is 0.354. The summed E-state index contributed by atoms with van der Waals surface area (Å²) in [5.41, 5.74) is 0. The largest absolute Gasteiger partial charge is 0.490 e. The molecule has 0 unspecified atom stereocenters. The van der Waals surface area contributed by atoms with Gasteiger partial charge in [-0.3, -0.25) is 0 Å². The normalized spacial score (nSPS) is 13.5. The van der Waals surface area contributed by atoms with Crippen LogP contribution in [0.4, 0.5) is 4.39 Å². The minimum absolute atomic E-state index is 0.264. The van der Waals surface area contributed by atoms with E-state index in [1.165, 1.54) is 6.07 Å². The lowest BCUT2D eigenvalue weighted by Crippen LogP contribution is -2.08. The van der Waals surface area contributed by atoms with Crippen LogP contribution in [0, 0.1) is 5.82 Å². The van der Waals surface area contributed by atoms with Crippen molar-refractivity contribution < 1.29 is 13.9 Å². The van der Waals surface area contributed by atoms with Gasteiger partial charge < -0.3 is 14.0 Å². The van der Waals surface area contributed by atoms with Gasteiger partial charge in [0, 0.05) is 11.8 Å². The van der Waals surface area contributed by atoms with Crippen LogP contribution in [0.5, 0.6) is 11.5 Å². The monoisotopic (exact) mass is 419 g/mol. The van der Waals surface area contributed by atoms with Gasteiger partial charge in [-0.25, -0.2) is 4.39 Å². The van der Waals surface area contributed by atoms with Crippen molar-refractivity contribution in [1.82, 2.24) is 14.8 Å². The van der Waals surface area contributed by atoms with Crippen LogP contribution in [-0.2, 0) is 6.61 Å². The van der Waals surface area contributed by atoms with E-state index in [2.05, 4.69) is 14.8 Å². The molecular weight excluding hydrogens is 401 g/mol. The number of rotatable bonds is 9. The Hall–Kier alpha value is -2.25. The first-order chi connectivity index (χ1) is 13.7. The number of para-hydroxylation sites is 2. The van der Waals surface area contributed by atoms with Gasteiger partial charge in [0.15, 0.2) is 22.5 Å². The Bertz CT molecular complexity index is 949. The van der Waals surface area contributed by atoms with E-state index < -0.39 is 0 Å². The fourth-order valence-electron chi connectivity index (χ4n) is 2.75. The predicted molar refractivity (Wildman–Crippen MR) is 107 cm³/mol. The summed E-state index contributed by atoms with van der Waals surface area (Å²) in [4.78, 5) is 0. The van der Waals surface area contributed by atoms with Crippen LogP contribution in [-0.4, -0.2) is 27.1 Å². The fourth-order valence-corrected chi connectivity index (χ4v) is 3.79.